The molecule has 0 radical (unpaired) electrons. The molecule has 1 unspecified atom stereocenters. The summed E-state index contributed by atoms with van der Waals surface area (Å²) in [5.74, 6) is 0. The maximum atomic E-state index is 3.26. The highest BCUT2D eigenvalue weighted by atomic mass is 32.1. The summed E-state index contributed by atoms with van der Waals surface area (Å²) >= 11 is 1.95. The van der Waals surface area contributed by atoms with Crippen molar-refractivity contribution in [3.63, 3.8) is 0 Å². The van der Waals surface area contributed by atoms with Gasteiger partial charge in [0.1, 0.15) is 0 Å². The fourth-order valence-electron chi connectivity index (χ4n) is 3.67. The van der Waals surface area contributed by atoms with E-state index in [9.17, 15) is 0 Å². The Labute approximate surface area is 127 Å². The van der Waals surface area contributed by atoms with Crippen molar-refractivity contribution in [2.45, 2.75) is 45.3 Å². The third-order valence-electron chi connectivity index (χ3n) is 4.70. The fourth-order valence-corrected chi connectivity index (χ4v) is 4.74. The van der Waals surface area contributed by atoms with Gasteiger partial charge in [0.25, 0.3) is 0 Å². The van der Waals surface area contributed by atoms with Gasteiger partial charge in [0.15, 0.2) is 0 Å². The number of nitrogens with zero attached hydrogens (tertiary/aromatic N) is 2. The van der Waals surface area contributed by atoms with Gasteiger partial charge in [-0.1, -0.05) is 0 Å². The summed E-state index contributed by atoms with van der Waals surface area (Å²) in [4.78, 5) is 8.38. The lowest BCUT2D eigenvalue weighted by Gasteiger charge is -2.25. The molecule has 1 N–H and O–H groups in total. The summed E-state index contributed by atoms with van der Waals surface area (Å²) < 4.78 is 0. The zero-order chi connectivity index (χ0) is 13.9. The molecule has 20 heavy (non-hydrogen) atoms. The maximum absolute atomic E-state index is 3.26. The van der Waals surface area contributed by atoms with Gasteiger partial charge in [-0.25, -0.2) is 0 Å². The van der Waals surface area contributed by atoms with Crippen LogP contribution in [0.3, 0.4) is 0 Å². The monoisotopic (exact) mass is 293 g/mol. The highest BCUT2D eigenvalue weighted by Crippen LogP contribution is 2.26. The Morgan fingerprint density at radius 2 is 2.15 bits per heavy atom. The van der Waals surface area contributed by atoms with Gasteiger partial charge in [0, 0.05) is 35.4 Å². The molecule has 2 aliphatic rings. The molecule has 3 rings (SSSR count). The van der Waals surface area contributed by atoms with Crippen LogP contribution in [0.5, 0.6) is 0 Å². The SMILES string of the molecule is CNCc1cc(CN2CCCN3CCCC3C2)c(C)s1. The van der Waals surface area contributed by atoms with E-state index in [1.54, 1.807) is 5.56 Å². The molecule has 4 heteroatoms. The van der Waals surface area contributed by atoms with Gasteiger partial charge in [0.05, 0.1) is 0 Å². The standard InChI is InChI=1S/C16H27N3S/c1-13-14(9-16(20-13)10-17-2)11-18-6-4-8-19-7-3-5-15(19)12-18/h9,15,17H,3-8,10-12H2,1-2H3. The number of aryl methyl sites for hydroxylation is 1. The van der Waals surface area contributed by atoms with Gasteiger partial charge >= 0.3 is 0 Å². The van der Waals surface area contributed by atoms with Crippen molar-refractivity contribution >= 4 is 11.3 Å². The topological polar surface area (TPSA) is 18.5 Å². The van der Waals surface area contributed by atoms with Crippen LogP contribution in [-0.4, -0.2) is 49.1 Å². The van der Waals surface area contributed by atoms with Gasteiger partial charge in [-0.2, -0.15) is 0 Å². The molecular formula is C16H27N3S. The van der Waals surface area contributed by atoms with Crippen molar-refractivity contribution in [3.05, 3.63) is 21.4 Å². The highest BCUT2D eigenvalue weighted by molar-refractivity contribution is 7.12. The zero-order valence-corrected chi connectivity index (χ0v) is 13.6. The Kier molecular flexibility index (Phi) is 4.76. The lowest BCUT2D eigenvalue weighted by atomic mass is 10.2. The van der Waals surface area contributed by atoms with Crippen LogP contribution in [0, 0.1) is 6.92 Å². The lowest BCUT2D eigenvalue weighted by molar-refractivity contribution is 0.215. The van der Waals surface area contributed by atoms with Crippen molar-refractivity contribution < 1.29 is 0 Å². The third-order valence-corrected chi connectivity index (χ3v) is 5.80. The van der Waals surface area contributed by atoms with E-state index in [0.29, 0.717) is 0 Å². The van der Waals surface area contributed by atoms with Gasteiger partial charge < -0.3 is 5.32 Å². The largest absolute Gasteiger partial charge is 0.315 e. The second kappa shape index (κ2) is 6.56. The van der Waals surface area contributed by atoms with Crippen molar-refractivity contribution in [3.8, 4) is 0 Å². The van der Waals surface area contributed by atoms with Crippen LogP contribution in [0.2, 0.25) is 0 Å². The molecule has 2 aliphatic heterocycles. The highest BCUT2D eigenvalue weighted by Gasteiger charge is 2.28. The minimum Gasteiger partial charge on any atom is -0.315 e. The molecule has 0 spiro atoms. The van der Waals surface area contributed by atoms with Crippen molar-refractivity contribution in [2.75, 3.05) is 33.2 Å². The van der Waals surface area contributed by atoms with E-state index in [0.717, 1.165) is 19.1 Å². The molecule has 1 aromatic heterocycles. The van der Waals surface area contributed by atoms with E-state index in [1.807, 2.05) is 18.4 Å². The third kappa shape index (κ3) is 3.25. The molecule has 0 bridgehead atoms. The molecule has 0 amide bonds. The average Bonchev–Trinajstić information content (AvgIpc) is 2.93. The van der Waals surface area contributed by atoms with Crippen LogP contribution < -0.4 is 5.32 Å². The average molecular weight is 293 g/mol. The van der Waals surface area contributed by atoms with Crippen molar-refractivity contribution in [1.29, 1.82) is 0 Å². The number of hydrogen-bond donors (Lipinski definition) is 1. The van der Waals surface area contributed by atoms with Crippen LogP contribution in [0.15, 0.2) is 6.07 Å². The summed E-state index contributed by atoms with van der Waals surface area (Å²) in [6.45, 7) is 9.62. The Morgan fingerprint density at radius 1 is 1.30 bits per heavy atom. The van der Waals surface area contributed by atoms with E-state index in [4.69, 9.17) is 0 Å². The van der Waals surface area contributed by atoms with Crippen LogP contribution in [0.1, 0.15) is 34.6 Å². The van der Waals surface area contributed by atoms with Gasteiger partial charge in [-0.3, -0.25) is 9.80 Å². The molecule has 0 aliphatic carbocycles. The van der Waals surface area contributed by atoms with Crippen LogP contribution in [0.25, 0.3) is 0 Å². The summed E-state index contributed by atoms with van der Waals surface area (Å²) in [5.41, 5.74) is 1.55. The second-order valence-electron chi connectivity index (χ2n) is 6.25. The van der Waals surface area contributed by atoms with E-state index in [2.05, 4.69) is 28.1 Å². The Hall–Kier alpha value is -0.420. The predicted molar refractivity (Wildman–Crippen MR) is 86.3 cm³/mol. The van der Waals surface area contributed by atoms with E-state index >= 15 is 0 Å². The van der Waals surface area contributed by atoms with E-state index in [-0.39, 0.29) is 0 Å². The van der Waals surface area contributed by atoms with E-state index in [1.165, 1.54) is 55.2 Å². The van der Waals surface area contributed by atoms with Crippen molar-refractivity contribution in [2.24, 2.45) is 0 Å². The first kappa shape index (κ1) is 14.5. The van der Waals surface area contributed by atoms with Crippen molar-refractivity contribution in [1.82, 2.24) is 15.1 Å². The fraction of sp³-hybridized carbons (Fsp3) is 0.750. The molecule has 2 fully saturated rings. The normalized spacial score (nSPS) is 24.8. The number of hydrogen-bond acceptors (Lipinski definition) is 4. The second-order valence-corrected chi connectivity index (χ2v) is 7.59. The first-order valence-corrected chi connectivity index (χ1v) is 8.77. The summed E-state index contributed by atoms with van der Waals surface area (Å²) in [5, 5.41) is 3.26. The van der Waals surface area contributed by atoms with E-state index < -0.39 is 0 Å². The minimum atomic E-state index is 0.827. The van der Waals surface area contributed by atoms with Gasteiger partial charge in [-0.15, -0.1) is 11.3 Å². The molecule has 0 saturated carbocycles. The minimum absolute atomic E-state index is 0.827. The molecular weight excluding hydrogens is 266 g/mol. The first-order chi connectivity index (χ1) is 9.76. The number of rotatable bonds is 4. The molecule has 2 saturated heterocycles. The van der Waals surface area contributed by atoms with Crippen LogP contribution >= 0.6 is 11.3 Å². The predicted octanol–water partition coefficient (Wildman–Crippen LogP) is 2.45. The molecule has 112 valence electrons. The maximum Gasteiger partial charge on any atom is 0.0296 e. The first-order valence-electron chi connectivity index (χ1n) is 7.95. The van der Waals surface area contributed by atoms with Gasteiger partial charge in [-0.05, 0) is 64.5 Å². The number of fused-ring (bicyclic) bond motifs is 1. The lowest BCUT2D eigenvalue weighted by Crippen LogP contribution is -2.36. The number of thiophene rings is 1. The summed E-state index contributed by atoms with van der Waals surface area (Å²) in [6.07, 6.45) is 4.15. The quantitative estimate of drug-likeness (QED) is 0.920. The molecule has 1 aromatic rings. The Bertz CT molecular complexity index is 443. The molecule has 1 atom stereocenters. The van der Waals surface area contributed by atoms with Crippen LogP contribution in [-0.2, 0) is 13.1 Å². The molecule has 3 heterocycles. The van der Waals surface area contributed by atoms with Gasteiger partial charge in [0.2, 0.25) is 0 Å². The summed E-state index contributed by atoms with van der Waals surface area (Å²) in [6, 6.07) is 3.24. The number of nitrogens with one attached hydrogen (secondary N) is 1. The Balaban J connectivity index is 1.64. The Morgan fingerprint density at radius 3 is 3.00 bits per heavy atom. The molecule has 0 aromatic carbocycles. The smallest absolute Gasteiger partial charge is 0.0296 e. The van der Waals surface area contributed by atoms with Crippen LogP contribution in [0.4, 0.5) is 0 Å². The molecule has 3 nitrogen and oxygen atoms in total. The summed E-state index contributed by atoms with van der Waals surface area (Å²) in [7, 11) is 2.03. The zero-order valence-electron chi connectivity index (χ0n) is 12.8.